The van der Waals surface area contributed by atoms with E-state index in [1.165, 1.54) is 0 Å². The molecule has 0 amide bonds. The van der Waals surface area contributed by atoms with E-state index in [4.69, 9.17) is 22.1 Å². The predicted molar refractivity (Wildman–Crippen MR) is 76.8 cm³/mol. The van der Waals surface area contributed by atoms with Gasteiger partial charge >= 0.3 is 0 Å². The Labute approximate surface area is 117 Å². The van der Waals surface area contributed by atoms with Crippen LogP contribution in [0.2, 0.25) is 5.02 Å². The van der Waals surface area contributed by atoms with E-state index in [2.05, 4.69) is 0 Å². The van der Waals surface area contributed by atoms with Gasteiger partial charge in [0.25, 0.3) is 0 Å². The fourth-order valence-corrected chi connectivity index (χ4v) is 2.06. The molecular formula is C15H16ClNO2. The summed E-state index contributed by atoms with van der Waals surface area (Å²) in [6, 6.07) is 14.4. The summed E-state index contributed by atoms with van der Waals surface area (Å²) in [5.74, 6) is 0.788. The molecule has 2 aromatic rings. The van der Waals surface area contributed by atoms with Crippen LogP contribution in [0.25, 0.3) is 0 Å². The van der Waals surface area contributed by atoms with E-state index in [1.807, 2.05) is 24.3 Å². The number of hydrogen-bond acceptors (Lipinski definition) is 3. The van der Waals surface area contributed by atoms with Crippen LogP contribution in [0.5, 0.6) is 11.5 Å². The Morgan fingerprint density at radius 1 is 1.11 bits per heavy atom. The maximum Gasteiger partial charge on any atom is 0.137 e. The summed E-state index contributed by atoms with van der Waals surface area (Å²) in [6.45, 7) is 0.764. The Kier molecular flexibility index (Phi) is 4.66. The Balaban J connectivity index is 2.09. The topological polar surface area (TPSA) is 55.5 Å². The van der Waals surface area contributed by atoms with Gasteiger partial charge in [0.15, 0.2) is 0 Å². The molecule has 0 spiro atoms. The van der Waals surface area contributed by atoms with Gasteiger partial charge in [-0.05, 0) is 18.2 Å². The highest BCUT2D eigenvalue weighted by atomic mass is 35.5. The number of para-hydroxylation sites is 2. The maximum atomic E-state index is 9.83. The largest absolute Gasteiger partial charge is 0.508 e. The van der Waals surface area contributed by atoms with Crippen LogP contribution in [0.4, 0.5) is 0 Å². The van der Waals surface area contributed by atoms with Gasteiger partial charge in [0.2, 0.25) is 0 Å². The van der Waals surface area contributed by atoms with E-state index in [0.29, 0.717) is 23.9 Å². The van der Waals surface area contributed by atoms with Gasteiger partial charge in [0, 0.05) is 18.0 Å². The molecular weight excluding hydrogens is 262 g/mol. The third-order valence-corrected chi connectivity index (χ3v) is 3.25. The van der Waals surface area contributed by atoms with Crippen LogP contribution in [0.1, 0.15) is 11.5 Å². The van der Waals surface area contributed by atoms with Crippen molar-refractivity contribution >= 4 is 11.6 Å². The standard InChI is InChI=1S/C15H16ClNO2/c16-13-6-2-4-8-15(13)19-10-11(9-17)12-5-1-3-7-14(12)18/h1-8,11,18H,9-10,17H2. The van der Waals surface area contributed by atoms with E-state index >= 15 is 0 Å². The zero-order valence-electron chi connectivity index (χ0n) is 10.4. The number of aromatic hydroxyl groups is 1. The molecule has 0 saturated carbocycles. The van der Waals surface area contributed by atoms with Crippen molar-refractivity contribution in [3.63, 3.8) is 0 Å². The third-order valence-electron chi connectivity index (χ3n) is 2.94. The highest BCUT2D eigenvalue weighted by molar-refractivity contribution is 6.32. The van der Waals surface area contributed by atoms with Crippen molar-refractivity contribution in [1.29, 1.82) is 0 Å². The normalized spacial score (nSPS) is 12.1. The first kappa shape index (κ1) is 13.7. The molecule has 0 fully saturated rings. The van der Waals surface area contributed by atoms with E-state index in [1.54, 1.807) is 24.3 Å². The Bertz CT molecular complexity index is 545. The monoisotopic (exact) mass is 277 g/mol. The van der Waals surface area contributed by atoms with Crippen molar-refractivity contribution in [1.82, 2.24) is 0 Å². The lowest BCUT2D eigenvalue weighted by Crippen LogP contribution is -2.19. The maximum absolute atomic E-state index is 9.83. The first-order valence-electron chi connectivity index (χ1n) is 6.07. The number of nitrogens with two attached hydrogens (primary N) is 1. The van der Waals surface area contributed by atoms with Crippen molar-refractivity contribution < 1.29 is 9.84 Å². The molecule has 0 bridgehead atoms. The van der Waals surface area contributed by atoms with Crippen LogP contribution < -0.4 is 10.5 Å². The summed E-state index contributed by atoms with van der Waals surface area (Å²) < 4.78 is 5.68. The average molecular weight is 278 g/mol. The van der Waals surface area contributed by atoms with Gasteiger partial charge in [-0.2, -0.15) is 0 Å². The number of phenolic OH excluding ortho intramolecular Hbond substituents is 1. The molecule has 0 heterocycles. The second kappa shape index (κ2) is 6.45. The first-order chi connectivity index (χ1) is 9.22. The zero-order chi connectivity index (χ0) is 13.7. The van der Waals surface area contributed by atoms with Gasteiger partial charge in [-0.3, -0.25) is 0 Å². The lowest BCUT2D eigenvalue weighted by Gasteiger charge is -2.17. The molecule has 0 aliphatic rings. The zero-order valence-corrected chi connectivity index (χ0v) is 11.2. The fraction of sp³-hybridized carbons (Fsp3) is 0.200. The smallest absolute Gasteiger partial charge is 0.137 e. The minimum Gasteiger partial charge on any atom is -0.508 e. The van der Waals surface area contributed by atoms with E-state index in [9.17, 15) is 5.11 Å². The summed E-state index contributed by atoms with van der Waals surface area (Å²) in [7, 11) is 0. The van der Waals surface area contributed by atoms with Gasteiger partial charge in [-0.25, -0.2) is 0 Å². The van der Waals surface area contributed by atoms with Crippen LogP contribution >= 0.6 is 11.6 Å². The number of hydrogen-bond donors (Lipinski definition) is 2. The summed E-state index contributed by atoms with van der Waals surface area (Å²) in [5.41, 5.74) is 6.54. The van der Waals surface area contributed by atoms with E-state index in [0.717, 1.165) is 5.56 Å². The van der Waals surface area contributed by atoms with Crippen molar-refractivity contribution in [2.75, 3.05) is 13.2 Å². The fourth-order valence-electron chi connectivity index (χ4n) is 1.87. The minimum atomic E-state index is -0.0718. The number of phenols is 1. The van der Waals surface area contributed by atoms with Crippen LogP contribution in [-0.4, -0.2) is 18.3 Å². The van der Waals surface area contributed by atoms with Crippen molar-refractivity contribution in [2.24, 2.45) is 5.73 Å². The second-order valence-electron chi connectivity index (χ2n) is 4.23. The summed E-state index contributed by atoms with van der Waals surface area (Å²) in [4.78, 5) is 0. The SMILES string of the molecule is NCC(COc1ccccc1Cl)c1ccccc1O. The lowest BCUT2D eigenvalue weighted by molar-refractivity contribution is 0.287. The summed E-state index contributed by atoms with van der Waals surface area (Å²) in [6.07, 6.45) is 0. The Morgan fingerprint density at radius 2 is 1.79 bits per heavy atom. The Hall–Kier alpha value is -1.71. The van der Waals surface area contributed by atoms with Crippen LogP contribution in [0.15, 0.2) is 48.5 Å². The van der Waals surface area contributed by atoms with Crippen molar-refractivity contribution in [3.05, 3.63) is 59.1 Å². The molecule has 0 aliphatic carbocycles. The van der Waals surface area contributed by atoms with E-state index < -0.39 is 0 Å². The van der Waals surface area contributed by atoms with Crippen LogP contribution in [0.3, 0.4) is 0 Å². The van der Waals surface area contributed by atoms with Crippen molar-refractivity contribution in [2.45, 2.75) is 5.92 Å². The van der Waals surface area contributed by atoms with Gasteiger partial charge in [0.05, 0.1) is 11.6 Å². The molecule has 19 heavy (non-hydrogen) atoms. The van der Waals surface area contributed by atoms with Crippen LogP contribution in [0, 0.1) is 0 Å². The molecule has 0 radical (unpaired) electrons. The van der Waals surface area contributed by atoms with Gasteiger partial charge in [0.1, 0.15) is 11.5 Å². The molecule has 3 nitrogen and oxygen atoms in total. The minimum absolute atomic E-state index is 0.0718. The molecule has 1 atom stereocenters. The number of benzene rings is 2. The van der Waals surface area contributed by atoms with Gasteiger partial charge in [-0.1, -0.05) is 41.9 Å². The molecule has 2 rings (SSSR count). The molecule has 2 aromatic carbocycles. The molecule has 0 aliphatic heterocycles. The molecule has 3 N–H and O–H groups in total. The molecule has 4 heteroatoms. The lowest BCUT2D eigenvalue weighted by atomic mass is 9.99. The van der Waals surface area contributed by atoms with Crippen LogP contribution in [-0.2, 0) is 0 Å². The highest BCUT2D eigenvalue weighted by Crippen LogP contribution is 2.28. The highest BCUT2D eigenvalue weighted by Gasteiger charge is 2.14. The average Bonchev–Trinajstić information content (AvgIpc) is 2.43. The van der Waals surface area contributed by atoms with E-state index in [-0.39, 0.29) is 11.7 Å². The quantitative estimate of drug-likeness (QED) is 0.883. The molecule has 0 aromatic heterocycles. The number of halogens is 1. The Morgan fingerprint density at radius 3 is 2.47 bits per heavy atom. The summed E-state index contributed by atoms with van der Waals surface area (Å²) >= 11 is 6.02. The summed E-state index contributed by atoms with van der Waals surface area (Å²) in [5, 5.41) is 10.4. The molecule has 1 unspecified atom stereocenters. The van der Waals surface area contributed by atoms with Gasteiger partial charge in [-0.15, -0.1) is 0 Å². The molecule has 100 valence electrons. The number of ether oxygens (including phenoxy) is 1. The third kappa shape index (κ3) is 3.40. The van der Waals surface area contributed by atoms with Crippen molar-refractivity contribution in [3.8, 4) is 11.5 Å². The second-order valence-corrected chi connectivity index (χ2v) is 4.64. The first-order valence-corrected chi connectivity index (χ1v) is 6.45. The molecule has 0 saturated heterocycles. The van der Waals surface area contributed by atoms with Gasteiger partial charge < -0.3 is 15.6 Å². The predicted octanol–water partition coefficient (Wildman–Crippen LogP) is 3.17. The number of rotatable bonds is 5.